The summed E-state index contributed by atoms with van der Waals surface area (Å²) in [5.74, 6) is -1.07. The largest absolute Gasteiger partial charge is 0.481 e. The number of para-hydroxylation sites is 1. The molecule has 2 amide bonds. The minimum atomic E-state index is -0.505. The number of likely N-dealkylation sites (tertiary alicyclic amines) is 1. The molecule has 0 unspecified atom stereocenters. The summed E-state index contributed by atoms with van der Waals surface area (Å²) >= 11 is 0. The molecular formula is C19H19FN2O3. The maximum atomic E-state index is 13.4. The summed E-state index contributed by atoms with van der Waals surface area (Å²) in [6, 6.07) is 13.5. The maximum Gasteiger partial charge on any atom is 0.260 e. The molecule has 2 aromatic carbocycles. The number of benzene rings is 2. The van der Waals surface area contributed by atoms with Crippen LogP contribution in [0, 0.1) is 18.7 Å². The Morgan fingerprint density at radius 3 is 2.52 bits per heavy atom. The number of carbonyl (C=O) groups excluding carboxylic acids is 2. The number of rotatable bonds is 5. The van der Waals surface area contributed by atoms with Crippen molar-refractivity contribution in [1.29, 1.82) is 0 Å². The summed E-state index contributed by atoms with van der Waals surface area (Å²) in [6.45, 7) is 2.42. The highest BCUT2D eigenvalue weighted by atomic mass is 19.1. The second-order valence-corrected chi connectivity index (χ2v) is 6.07. The molecular weight excluding hydrogens is 323 g/mol. The molecule has 0 aromatic heterocycles. The van der Waals surface area contributed by atoms with E-state index in [4.69, 9.17) is 4.74 Å². The monoisotopic (exact) mass is 342 g/mol. The molecule has 25 heavy (non-hydrogen) atoms. The highest BCUT2D eigenvalue weighted by molar-refractivity contribution is 5.94. The van der Waals surface area contributed by atoms with Gasteiger partial charge in [0.25, 0.3) is 5.91 Å². The zero-order valence-electron chi connectivity index (χ0n) is 13.9. The quantitative estimate of drug-likeness (QED) is 0.909. The van der Waals surface area contributed by atoms with Crippen molar-refractivity contribution in [2.75, 3.05) is 25.0 Å². The molecule has 1 aliphatic heterocycles. The first-order valence-electron chi connectivity index (χ1n) is 8.05. The molecule has 6 heteroatoms. The van der Waals surface area contributed by atoms with Gasteiger partial charge in [-0.05, 0) is 31.2 Å². The highest BCUT2D eigenvalue weighted by Gasteiger charge is 2.35. The summed E-state index contributed by atoms with van der Waals surface area (Å²) in [6.07, 6.45) is 0. The van der Waals surface area contributed by atoms with Crippen LogP contribution in [0.4, 0.5) is 10.1 Å². The number of halogens is 1. The van der Waals surface area contributed by atoms with Gasteiger partial charge in [-0.2, -0.15) is 0 Å². The standard InChI is InChI=1S/C19H19FN2O3/c1-13-6-8-15(9-7-13)21-19(24)14-10-22(11-14)18(23)12-25-17-5-3-2-4-16(17)20/h2-9,14H,10-12H2,1H3,(H,21,24). The lowest BCUT2D eigenvalue weighted by Gasteiger charge is -2.38. The molecule has 1 heterocycles. The third-order valence-electron chi connectivity index (χ3n) is 4.11. The van der Waals surface area contributed by atoms with Crippen molar-refractivity contribution < 1.29 is 18.7 Å². The van der Waals surface area contributed by atoms with Gasteiger partial charge in [0, 0.05) is 18.8 Å². The number of hydrogen-bond acceptors (Lipinski definition) is 3. The van der Waals surface area contributed by atoms with E-state index in [1.807, 2.05) is 31.2 Å². The number of hydrogen-bond donors (Lipinski definition) is 1. The van der Waals surface area contributed by atoms with Gasteiger partial charge in [0.15, 0.2) is 18.2 Å². The van der Waals surface area contributed by atoms with E-state index >= 15 is 0 Å². The van der Waals surface area contributed by atoms with Gasteiger partial charge in [0.1, 0.15) is 0 Å². The van der Waals surface area contributed by atoms with Crippen molar-refractivity contribution in [3.8, 4) is 5.75 Å². The van der Waals surface area contributed by atoms with E-state index in [0.29, 0.717) is 13.1 Å². The first-order valence-corrected chi connectivity index (χ1v) is 8.05. The molecule has 0 atom stereocenters. The Balaban J connectivity index is 1.43. The summed E-state index contributed by atoms with van der Waals surface area (Å²) in [5, 5.41) is 2.84. The number of carbonyl (C=O) groups is 2. The van der Waals surface area contributed by atoms with Crippen molar-refractivity contribution in [3.63, 3.8) is 0 Å². The Morgan fingerprint density at radius 2 is 1.84 bits per heavy atom. The fraction of sp³-hybridized carbons (Fsp3) is 0.263. The smallest absolute Gasteiger partial charge is 0.260 e. The molecule has 0 radical (unpaired) electrons. The van der Waals surface area contributed by atoms with Crippen LogP contribution < -0.4 is 10.1 Å². The van der Waals surface area contributed by atoms with Crippen LogP contribution in [-0.4, -0.2) is 36.4 Å². The van der Waals surface area contributed by atoms with E-state index < -0.39 is 5.82 Å². The van der Waals surface area contributed by atoms with Gasteiger partial charge in [0.05, 0.1) is 5.92 Å². The van der Waals surface area contributed by atoms with E-state index in [1.165, 1.54) is 17.0 Å². The van der Waals surface area contributed by atoms with Gasteiger partial charge in [-0.25, -0.2) is 4.39 Å². The molecule has 0 bridgehead atoms. The Labute approximate surface area is 145 Å². The average molecular weight is 342 g/mol. The normalized spacial score (nSPS) is 13.9. The van der Waals surface area contributed by atoms with Crippen LogP contribution in [0.2, 0.25) is 0 Å². The summed E-state index contributed by atoms with van der Waals surface area (Å²) in [7, 11) is 0. The maximum absolute atomic E-state index is 13.4. The average Bonchev–Trinajstić information content (AvgIpc) is 2.55. The molecule has 5 nitrogen and oxygen atoms in total. The molecule has 1 N–H and O–H groups in total. The summed E-state index contributed by atoms with van der Waals surface area (Å²) in [4.78, 5) is 25.7. The molecule has 1 aliphatic rings. The van der Waals surface area contributed by atoms with Crippen LogP contribution in [-0.2, 0) is 9.59 Å². The number of nitrogens with zero attached hydrogens (tertiary/aromatic N) is 1. The van der Waals surface area contributed by atoms with Gasteiger partial charge in [-0.15, -0.1) is 0 Å². The molecule has 0 spiro atoms. The summed E-state index contributed by atoms with van der Waals surface area (Å²) < 4.78 is 18.6. The van der Waals surface area contributed by atoms with E-state index in [1.54, 1.807) is 12.1 Å². The van der Waals surface area contributed by atoms with Gasteiger partial charge in [0.2, 0.25) is 5.91 Å². The van der Waals surface area contributed by atoms with E-state index in [0.717, 1.165) is 11.3 Å². The third-order valence-corrected chi connectivity index (χ3v) is 4.11. The van der Waals surface area contributed by atoms with Crippen molar-refractivity contribution in [2.45, 2.75) is 6.92 Å². The van der Waals surface area contributed by atoms with Crippen molar-refractivity contribution in [2.24, 2.45) is 5.92 Å². The minimum Gasteiger partial charge on any atom is -0.481 e. The van der Waals surface area contributed by atoms with Gasteiger partial charge < -0.3 is 15.0 Å². The lowest BCUT2D eigenvalue weighted by molar-refractivity contribution is -0.143. The Bertz CT molecular complexity index is 770. The number of anilines is 1. The zero-order valence-corrected chi connectivity index (χ0v) is 13.9. The van der Waals surface area contributed by atoms with Crippen LogP contribution >= 0.6 is 0 Å². The highest BCUT2D eigenvalue weighted by Crippen LogP contribution is 2.20. The second-order valence-electron chi connectivity index (χ2n) is 6.07. The Kier molecular flexibility index (Phi) is 4.97. The van der Waals surface area contributed by atoms with Crippen molar-refractivity contribution in [1.82, 2.24) is 4.90 Å². The Hall–Kier alpha value is -2.89. The second kappa shape index (κ2) is 7.34. The molecule has 1 fully saturated rings. The Morgan fingerprint density at radius 1 is 1.16 bits per heavy atom. The molecule has 0 saturated carbocycles. The van der Waals surface area contributed by atoms with Crippen LogP contribution in [0.15, 0.2) is 48.5 Å². The molecule has 1 saturated heterocycles. The number of ether oxygens (including phenoxy) is 1. The van der Waals surface area contributed by atoms with Gasteiger partial charge in [-0.1, -0.05) is 29.8 Å². The zero-order chi connectivity index (χ0) is 17.8. The van der Waals surface area contributed by atoms with Crippen LogP contribution in [0.3, 0.4) is 0 Å². The fourth-order valence-corrected chi connectivity index (χ4v) is 2.52. The third kappa shape index (κ3) is 4.15. The van der Waals surface area contributed by atoms with E-state index in [-0.39, 0.29) is 30.1 Å². The van der Waals surface area contributed by atoms with Crippen LogP contribution in [0.25, 0.3) is 0 Å². The lowest BCUT2D eigenvalue weighted by Crippen LogP contribution is -2.55. The van der Waals surface area contributed by atoms with Crippen LogP contribution in [0.1, 0.15) is 5.56 Å². The van der Waals surface area contributed by atoms with Crippen molar-refractivity contribution >= 4 is 17.5 Å². The number of nitrogens with one attached hydrogen (secondary N) is 1. The predicted octanol–water partition coefficient (Wildman–Crippen LogP) is 2.61. The summed E-state index contributed by atoms with van der Waals surface area (Å²) in [5.41, 5.74) is 1.86. The molecule has 2 aromatic rings. The van der Waals surface area contributed by atoms with Gasteiger partial charge >= 0.3 is 0 Å². The number of aryl methyl sites for hydroxylation is 1. The molecule has 3 rings (SSSR count). The SMILES string of the molecule is Cc1ccc(NC(=O)C2CN(C(=O)COc3ccccc3F)C2)cc1. The number of amides is 2. The topological polar surface area (TPSA) is 58.6 Å². The van der Waals surface area contributed by atoms with E-state index in [2.05, 4.69) is 5.32 Å². The lowest BCUT2D eigenvalue weighted by atomic mass is 9.99. The fourth-order valence-electron chi connectivity index (χ4n) is 2.52. The first kappa shape index (κ1) is 17.0. The molecule has 130 valence electrons. The minimum absolute atomic E-state index is 0.0463. The predicted molar refractivity (Wildman–Crippen MR) is 91.8 cm³/mol. The molecule has 0 aliphatic carbocycles. The van der Waals surface area contributed by atoms with E-state index in [9.17, 15) is 14.0 Å². The first-order chi connectivity index (χ1) is 12.0. The van der Waals surface area contributed by atoms with Gasteiger partial charge in [-0.3, -0.25) is 9.59 Å². The van der Waals surface area contributed by atoms with Crippen LogP contribution in [0.5, 0.6) is 5.75 Å². The van der Waals surface area contributed by atoms with Crippen molar-refractivity contribution in [3.05, 3.63) is 59.9 Å².